The third-order valence-electron chi connectivity index (χ3n) is 4.32. The summed E-state index contributed by atoms with van der Waals surface area (Å²) in [4.78, 5) is 25.8. The van der Waals surface area contributed by atoms with Gasteiger partial charge in [-0.05, 0) is 30.4 Å². The van der Waals surface area contributed by atoms with Gasteiger partial charge in [0.25, 0.3) is 0 Å². The molecule has 0 aromatic heterocycles. The van der Waals surface area contributed by atoms with Crippen LogP contribution in [0.4, 0.5) is 0 Å². The molecular formula is C16H20N2O2. The number of carbonyl (C=O) groups excluding carboxylic acids is 2. The molecule has 1 aromatic carbocycles. The van der Waals surface area contributed by atoms with Crippen LogP contribution in [0, 0.1) is 5.92 Å². The quantitative estimate of drug-likeness (QED) is 0.833. The van der Waals surface area contributed by atoms with E-state index in [2.05, 4.69) is 23.5 Å². The first-order chi connectivity index (χ1) is 9.74. The second-order valence-corrected chi connectivity index (χ2v) is 5.63. The Labute approximate surface area is 119 Å². The van der Waals surface area contributed by atoms with Crippen molar-refractivity contribution in [3.05, 3.63) is 35.4 Å². The van der Waals surface area contributed by atoms with Gasteiger partial charge in [0.05, 0.1) is 0 Å². The van der Waals surface area contributed by atoms with Crippen LogP contribution in [0.5, 0.6) is 0 Å². The Balaban J connectivity index is 1.68. The molecule has 1 atom stereocenters. The molecule has 4 nitrogen and oxygen atoms in total. The highest BCUT2D eigenvalue weighted by Gasteiger charge is 2.29. The van der Waals surface area contributed by atoms with E-state index in [-0.39, 0.29) is 17.7 Å². The van der Waals surface area contributed by atoms with Crippen LogP contribution < -0.4 is 5.32 Å². The summed E-state index contributed by atoms with van der Waals surface area (Å²) in [7, 11) is 0. The topological polar surface area (TPSA) is 49.4 Å². The Hall–Kier alpha value is -1.84. The molecule has 1 aliphatic carbocycles. The molecule has 2 aliphatic rings. The summed E-state index contributed by atoms with van der Waals surface area (Å²) in [6, 6.07) is 8.39. The second-order valence-electron chi connectivity index (χ2n) is 5.63. The molecule has 1 N–H and O–H groups in total. The van der Waals surface area contributed by atoms with E-state index in [0.29, 0.717) is 26.1 Å². The number of hydrogen-bond donors (Lipinski definition) is 1. The third-order valence-corrected chi connectivity index (χ3v) is 4.32. The third kappa shape index (κ3) is 2.69. The molecular weight excluding hydrogens is 252 g/mol. The van der Waals surface area contributed by atoms with Crippen molar-refractivity contribution in [2.45, 2.75) is 25.7 Å². The van der Waals surface area contributed by atoms with Crippen molar-refractivity contribution in [3.8, 4) is 0 Å². The molecule has 2 amide bonds. The van der Waals surface area contributed by atoms with Crippen LogP contribution >= 0.6 is 0 Å². The van der Waals surface area contributed by atoms with Crippen molar-refractivity contribution in [1.82, 2.24) is 10.2 Å². The monoisotopic (exact) mass is 272 g/mol. The second kappa shape index (κ2) is 5.65. The molecule has 1 heterocycles. The summed E-state index contributed by atoms with van der Waals surface area (Å²) in [5.74, 6) is 0.350. The predicted molar refractivity (Wildman–Crippen MR) is 76.2 cm³/mol. The van der Waals surface area contributed by atoms with Gasteiger partial charge in [0.1, 0.15) is 0 Å². The molecule has 20 heavy (non-hydrogen) atoms. The maximum absolute atomic E-state index is 12.6. The van der Waals surface area contributed by atoms with Gasteiger partial charge in [-0.2, -0.15) is 0 Å². The zero-order valence-corrected chi connectivity index (χ0v) is 11.6. The Morgan fingerprint density at radius 2 is 1.95 bits per heavy atom. The fraction of sp³-hybridized carbons (Fsp3) is 0.500. The van der Waals surface area contributed by atoms with E-state index in [9.17, 15) is 9.59 Å². The van der Waals surface area contributed by atoms with Crippen molar-refractivity contribution in [2.24, 2.45) is 5.92 Å². The summed E-state index contributed by atoms with van der Waals surface area (Å²) in [6.45, 7) is 1.78. The van der Waals surface area contributed by atoms with Gasteiger partial charge < -0.3 is 10.2 Å². The molecule has 0 saturated carbocycles. The van der Waals surface area contributed by atoms with E-state index in [4.69, 9.17) is 0 Å². The number of benzene rings is 1. The first kappa shape index (κ1) is 13.2. The van der Waals surface area contributed by atoms with Crippen molar-refractivity contribution in [3.63, 3.8) is 0 Å². The van der Waals surface area contributed by atoms with Crippen molar-refractivity contribution in [2.75, 3.05) is 19.6 Å². The van der Waals surface area contributed by atoms with Crippen LogP contribution in [0.1, 0.15) is 24.0 Å². The molecule has 1 aromatic rings. The lowest BCUT2D eigenvalue weighted by Crippen LogP contribution is -2.40. The smallest absolute Gasteiger partial charge is 0.226 e. The number of nitrogens with one attached hydrogen (secondary N) is 1. The standard InChI is InChI=1S/C16H20N2O2/c19-15-7-9-18(10-8-17-15)16(20)14-6-5-12-3-1-2-4-13(12)11-14/h1-4,14H,5-11H2,(H,17,19)/t14-/m0/s1. The van der Waals surface area contributed by atoms with Crippen molar-refractivity contribution >= 4 is 11.8 Å². The largest absolute Gasteiger partial charge is 0.354 e. The Kier molecular flexibility index (Phi) is 3.72. The Morgan fingerprint density at radius 3 is 2.80 bits per heavy atom. The highest BCUT2D eigenvalue weighted by molar-refractivity contribution is 5.82. The summed E-state index contributed by atoms with van der Waals surface area (Å²) < 4.78 is 0. The van der Waals surface area contributed by atoms with E-state index < -0.39 is 0 Å². The van der Waals surface area contributed by atoms with Gasteiger partial charge in [-0.15, -0.1) is 0 Å². The Morgan fingerprint density at radius 1 is 1.15 bits per heavy atom. The average molecular weight is 272 g/mol. The van der Waals surface area contributed by atoms with Crippen LogP contribution in [-0.4, -0.2) is 36.3 Å². The number of rotatable bonds is 1. The van der Waals surface area contributed by atoms with Gasteiger partial charge in [-0.25, -0.2) is 0 Å². The molecule has 0 radical (unpaired) electrons. The lowest BCUT2D eigenvalue weighted by Gasteiger charge is -2.29. The van der Waals surface area contributed by atoms with Crippen molar-refractivity contribution < 1.29 is 9.59 Å². The summed E-state index contributed by atoms with van der Waals surface area (Å²) in [6.07, 6.45) is 3.17. The fourth-order valence-corrected chi connectivity index (χ4v) is 3.15. The molecule has 1 saturated heterocycles. The number of nitrogens with zero attached hydrogens (tertiary/aromatic N) is 1. The van der Waals surface area contributed by atoms with Gasteiger partial charge in [-0.3, -0.25) is 9.59 Å². The number of carbonyl (C=O) groups is 2. The number of hydrogen-bond acceptors (Lipinski definition) is 2. The first-order valence-corrected chi connectivity index (χ1v) is 7.36. The molecule has 3 rings (SSSR count). The molecule has 0 bridgehead atoms. The van der Waals surface area contributed by atoms with Crippen molar-refractivity contribution in [1.29, 1.82) is 0 Å². The van der Waals surface area contributed by atoms with Gasteiger partial charge in [-0.1, -0.05) is 24.3 Å². The molecule has 0 unspecified atom stereocenters. The van der Waals surface area contributed by atoms with E-state index in [1.54, 1.807) is 0 Å². The minimum atomic E-state index is 0.0503. The normalized spacial score (nSPS) is 22.7. The van der Waals surface area contributed by atoms with E-state index in [0.717, 1.165) is 19.3 Å². The molecule has 0 spiro atoms. The van der Waals surface area contributed by atoms with Gasteiger partial charge >= 0.3 is 0 Å². The molecule has 1 fully saturated rings. The SMILES string of the molecule is O=C1CCN(C(=O)[C@H]2CCc3ccccc3C2)CCN1. The van der Waals surface area contributed by atoms with E-state index >= 15 is 0 Å². The highest BCUT2D eigenvalue weighted by atomic mass is 16.2. The molecule has 106 valence electrons. The number of aryl methyl sites for hydroxylation is 1. The maximum Gasteiger partial charge on any atom is 0.226 e. The lowest BCUT2D eigenvalue weighted by atomic mass is 9.83. The first-order valence-electron chi connectivity index (χ1n) is 7.36. The minimum absolute atomic E-state index is 0.0503. The van der Waals surface area contributed by atoms with E-state index in [1.165, 1.54) is 11.1 Å². The zero-order valence-electron chi connectivity index (χ0n) is 11.6. The average Bonchev–Trinajstić information content (AvgIpc) is 2.71. The highest BCUT2D eigenvalue weighted by Crippen LogP contribution is 2.26. The van der Waals surface area contributed by atoms with Crippen LogP contribution in [0.2, 0.25) is 0 Å². The number of amides is 2. The Bertz CT molecular complexity index is 527. The van der Waals surface area contributed by atoms with Gasteiger partial charge in [0.15, 0.2) is 0 Å². The van der Waals surface area contributed by atoms with Crippen LogP contribution in [0.15, 0.2) is 24.3 Å². The maximum atomic E-state index is 12.6. The molecule has 1 aliphatic heterocycles. The minimum Gasteiger partial charge on any atom is -0.354 e. The molecule has 4 heteroatoms. The van der Waals surface area contributed by atoms with Gasteiger partial charge in [0.2, 0.25) is 11.8 Å². The van der Waals surface area contributed by atoms with Gasteiger partial charge in [0, 0.05) is 32.0 Å². The van der Waals surface area contributed by atoms with E-state index in [1.807, 2.05) is 11.0 Å². The zero-order chi connectivity index (χ0) is 13.9. The van der Waals surface area contributed by atoms with Crippen LogP contribution in [0.3, 0.4) is 0 Å². The van der Waals surface area contributed by atoms with Crippen LogP contribution in [-0.2, 0) is 22.4 Å². The predicted octanol–water partition coefficient (Wildman–Crippen LogP) is 1.14. The summed E-state index contributed by atoms with van der Waals surface area (Å²) >= 11 is 0. The summed E-state index contributed by atoms with van der Waals surface area (Å²) in [5.41, 5.74) is 2.69. The number of fused-ring (bicyclic) bond motifs is 1. The summed E-state index contributed by atoms with van der Waals surface area (Å²) in [5, 5.41) is 2.82. The fourth-order valence-electron chi connectivity index (χ4n) is 3.15. The lowest BCUT2D eigenvalue weighted by molar-refractivity contribution is -0.135. The van der Waals surface area contributed by atoms with Crippen LogP contribution in [0.25, 0.3) is 0 Å².